The van der Waals surface area contributed by atoms with E-state index in [0.717, 1.165) is 0 Å². The van der Waals surface area contributed by atoms with Crippen LogP contribution in [0.5, 0.6) is 0 Å². The van der Waals surface area contributed by atoms with Gasteiger partial charge in [0.25, 0.3) is 10.2 Å². The molecule has 0 aromatic heterocycles. The van der Waals surface area contributed by atoms with E-state index in [0.29, 0.717) is 36.3 Å². The van der Waals surface area contributed by atoms with Gasteiger partial charge < -0.3 is 4.74 Å². The standard InChI is InChI=1S/C11H14BrFN2O3S/c12-11-2-1-10(13)7-9(11)8-14-19(16,17)15-3-5-18-6-4-15/h1-2,7,14H,3-6,8H2. The van der Waals surface area contributed by atoms with Crippen LogP contribution >= 0.6 is 15.9 Å². The molecule has 2 rings (SSSR count). The van der Waals surface area contributed by atoms with Crippen molar-refractivity contribution in [3.8, 4) is 0 Å². The number of nitrogens with one attached hydrogen (secondary N) is 1. The van der Waals surface area contributed by atoms with E-state index in [1.54, 1.807) is 6.07 Å². The van der Waals surface area contributed by atoms with Crippen molar-refractivity contribution >= 4 is 26.1 Å². The molecule has 0 bridgehead atoms. The largest absolute Gasteiger partial charge is 0.379 e. The highest BCUT2D eigenvalue weighted by Gasteiger charge is 2.23. The van der Waals surface area contributed by atoms with Crippen LogP contribution in [0.4, 0.5) is 4.39 Å². The minimum absolute atomic E-state index is 0.0397. The Bertz CT molecular complexity index is 547. The molecule has 8 heteroatoms. The molecular formula is C11H14BrFN2O3S. The molecule has 1 aromatic rings. The maximum absolute atomic E-state index is 13.1. The van der Waals surface area contributed by atoms with E-state index in [-0.39, 0.29) is 6.54 Å². The van der Waals surface area contributed by atoms with Gasteiger partial charge in [0.15, 0.2) is 0 Å². The zero-order valence-electron chi connectivity index (χ0n) is 10.1. The number of rotatable bonds is 4. The summed E-state index contributed by atoms with van der Waals surface area (Å²) in [5.41, 5.74) is 0.553. The van der Waals surface area contributed by atoms with Gasteiger partial charge in [-0.1, -0.05) is 15.9 Å². The van der Waals surface area contributed by atoms with Crippen LogP contribution in [0.25, 0.3) is 0 Å². The molecule has 1 N–H and O–H groups in total. The fourth-order valence-electron chi connectivity index (χ4n) is 1.73. The monoisotopic (exact) mass is 352 g/mol. The fraction of sp³-hybridized carbons (Fsp3) is 0.455. The third kappa shape index (κ3) is 3.96. The van der Waals surface area contributed by atoms with Gasteiger partial charge in [0.05, 0.1) is 13.2 Å². The van der Waals surface area contributed by atoms with Crippen molar-refractivity contribution in [2.24, 2.45) is 0 Å². The van der Waals surface area contributed by atoms with Crippen LogP contribution in [0.15, 0.2) is 22.7 Å². The highest BCUT2D eigenvalue weighted by atomic mass is 79.9. The zero-order valence-corrected chi connectivity index (χ0v) is 12.5. The third-order valence-corrected chi connectivity index (χ3v) is 5.09. The van der Waals surface area contributed by atoms with Crippen molar-refractivity contribution in [1.29, 1.82) is 0 Å². The summed E-state index contributed by atoms with van der Waals surface area (Å²) in [4.78, 5) is 0. The van der Waals surface area contributed by atoms with E-state index in [1.807, 2.05) is 0 Å². The third-order valence-electron chi connectivity index (χ3n) is 2.76. The van der Waals surface area contributed by atoms with E-state index in [4.69, 9.17) is 4.74 Å². The molecule has 0 spiro atoms. The molecule has 1 aromatic carbocycles. The zero-order chi connectivity index (χ0) is 13.9. The van der Waals surface area contributed by atoms with Crippen LogP contribution in [-0.2, 0) is 21.5 Å². The molecule has 106 valence electrons. The molecule has 1 saturated heterocycles. The predicted molar refractivity (Wildman–Crippen MR) is 72.3 cm³/mol. The lowest BCUT2D eigenvalue weighted by molar-refractivity contribution is 0.0725. The van der Waals surface area contributed by atoms with Crippen LogP contribution in [0.1, 0.15) is 5.56 Å². The van der Waals surface area contributed by atoms with Crippen LogP contribution < -0.4 is 4.72 Å². The van der Waals surface area contributed by atoms with Crippen LogP contribution in [0, 0.1) is 5.82 Å². The first-order valence-electron chi connectivity index (χ1n) is 5.75. The lowest BCUT2D eigenvalue weighted by Crippen LogP contribution is -2.46. The van der Waals surface area contributed by atoms with Crippen LogP contribution in [-0.4, -0.2) is 39.0 Å². The van der Waals surface area contributed by atoms with Crippen molar-refractivity contribution in [2.75, 3.05) is 26.3 Å². The minimum atomic E-state index is -3.55. The average molecular weight is 353 g/mol. The number of halogens is 2. The van der Waals surface area contributed by atoms with Gasteiger partial charge in [-0.3, -0.25) is 0 Å². The van der Waals surface area contributed by atoms with Gasteiger partial charge in [0.2, 0.25) is 0 Å². The van der Waals surface area contributed by atoms with Crippen molar-refractivity contribution in [3.05, 3.63) is 34.1 Å². The van der Waals surface area contributed by atoms with Crippen molar-refractivity contribution < 1.29 is 17.5 Å². The Morgan fingerprint density at radius 2 is 2.05 bits per heavy atom. The highest BCUT2D eigenvalue weighted by molar-refractivity contribution is 9.10. The first-order valence-corrected chi connectivity index (χ1v) is 7.99. The second kappa shape index (κ2) is 6.27. The molecule has 0 radical (unpaired) electrons. The lowest BCUT2D eigenvalue weighted by Gasteiger charge is -2.26. The summed E-state index contributed by atoms with van der Waals surface area (Å²) in [5, 5.41) is 0. The number of hydrogen-bond acceptors (Lipinski definition) is 3. The molecular weight excluding hydrogens is 339 g/mol. The Balaban J connectivity index is 2.02. The molecule has 0 amide bonds. The fourth-order valence-corrected chi connectivity index (χ4v) is 3.26. The van der Waals surface area contributed by atoms with E-state index in [2.05, 4.69) is 20.7 Å². The second-order valence-corrected chi connectivity index (χ2v) is 6.68. The van der Waals surface area contributed by atoms with Crippen LogP contribution in [0.3, 0.4) is 0 Å². The Kier molecular flexibility index (Phi) is 4.91. The Labute approximate surface area is 120 Å². The van der Waals surface area contributed by atoms with Gasteiger partial charge >= 0.3 is 0 Å². The molecule has 0 aliphatic carbocycles. The number of morpholine rings is 1. The minimum Gasteiger partial charge on any atom is -0.379 e. The van der Waals surface area contributed by atoms with Crippen LogP contribution in [0.2, 0.25) is 0 Å². The van der Waals surface area contributed by atoms with Crippen molar-refractivity contribution in [1.82, 2.24) is 9.03 Å². The number of nitrogens with zero attached hydrogens (tertiary/aromatic N) is 1. The van der Waals surface area contributed by atoms with Gasteiger partial charge in [-0.15, -0.1) is 0 Å². The van der Waals surface area contributed by atoms with Gasteiger partial charge in [0, 0.05) is 24.1 Å². The highest BCUT2D eigenvalue weighted by Crippen LogP contribution is 2.18. The van der Waals surface area contributed by atoms with Gasteiger partial charge in [-0.25, -0.2) is 4.39 Å². The Hall–Kier alpha value is -0.540. The molecule has 0 saturated carbocycles. The molecule has 0 unspecified atom stereocenters. The summed E-state index contributed by atoms with van der Waals surface area (Å²) < 4.78 is 46.7. The average Bonchev–Trinajstić information content (AvgIpc) is 2.41. The summed E-state index contributed by atoms with van der Waals surface area (Å²) >= 11 is 3.26. The van der Waals surface area contributed by atoms with E-state index in [1.165, 1.54) is 16.4 Å². The molecule has 19 heavy (non-hydrogen) atoms. The van der Waals surface area contributed by atoms with Crippen molar-refractivity contribution in [3.63, 3.8) is 0 Å². The summed E-state index contributed by atoms with van der Waals surface area (Å²) in [6.07, 6.45) is 0. The second-order valence-electron chi connectivity index (χ2n) is 4.07. The molecule has 0 atom stereocenters. The summed E-state index contributed by atoms with van der Waals surface area (Å²) in [6.45, 7) is 1.49. The maximum Gasteiger partial charge on any atom is 0.279 e. The molecule has 1 heterocycles. The van der Waals surface area contributed by atoms with E-state index >= 15 is 0 Å². The first-order chi connectivity index (χ1) is 8.99. The van der Waals surface area contributed by atoms with E-state index in [9.17, 15) is 12.8 Å². The molecule has 5 nitrogen and oxygen atoms in total. The van der Waals surface area contributed by atoms with E-state index < -0.39 is 16.0 Å². The van der Waals surface area contributed by atoms with Crippen molar-refractivity contribution in [2.45, 2.75) is 6.54 Å². The first kappa shape index (κ1) is 14.9. The predicted octanol–water partition coefficient (Wildman–Crippen LogP) is 1.25. The van der Waals surface area contributed by atoms with Gasteiger partial charge in [-0.05, 0) is 23.8 Å². The quantitative estimate of drug-likeness (QED) is 0.887. The molecule has 1 aliphatic heterocycles. The molecule has 1 aliphatic rings. The maximum atomic E-state index is 13.1. The summed E-state index contributed by atoms with van der Waals surface area (Å²) in [5.74, 6) is -0.399. The van der Waals surface area contributed by atoms with Gasteiger partial charge in [0.1, 0.15) is 5.82 Å². The Morgan fingerprint density at radius 1 is 1.37 bits per heavy atom. The normalized spacial score (nSPS) is 17.6. The lowest BCUT2D eigenvalue weighted by atomic mass is 10.2. The number of benzene rings is 1. The smallest absolute Gasteiger partial charge is 0.279 e. The summed E-state index contributed by atoms with van der Waals surface area (Å²) in [6, 6.07) is 4.16. The molecule has 1 fully saturated rings. The number of hydrogen-bond donors (Lipinski definition) is 1. The summed E-state index contributed by atoms with van der Waals surface area (Å²) in [7, 11) is -3.55. The topological polar surface area (TPSA) is 58.6 Å². The van der Waals surface area contributed by atoms with Gasteiger partial charge in [-0.2, -0.15) is 17.4 Å². The Morgan fingerprint density at radius 3 is 2.74 bits per heavy atom. The SMILES string of the molecule is O=S(=O)(NCc1cc(F)ccc1Br)N1CCOCC1. The number of ether oxygens (including phenoxy) is 1.